The average molecular weight is 176 g/mol. The van der Waals surface area contributed by atoms with E-state index in [0.29, 0.717) is 0 Å². The van der Waals surface area contributed by atoms with Gasteiger partial charge < -0.3 is 0 Å². The molecular weight excluding hydrogens is 160 g/mol. The first-order chi connectivity index (χ1) is 6.11. The zero-order valence-electron chi connectivity index (χ0n) is 8.29. The minimum atomic E-state index is 0.242. The average Bonchev–Trinajstić information content (AvgIpc) is 2.10. The highest BCUT2D eigenvalue weighted by Gasteiger charge is 2.00. The number of allylic oxidation sites excluding steroid dienone is 6. The van der Waals surface area contributed by atoms with Crippen molar-refractivity contribution in [3.63, 3.8) is 0 Å². The van der Waals surface area contributed by atoms with Crippen LogP contribution in [-0.2, 0) is 4.79 Å². The van der Waals surface area contributed by atoms with Crippen molar-refractivity contribution in [1.29, 1.82) is 0 Å². The maximum absolute atomic E-state index is 10.6. The predicted octanol–water partition coefficient (Wildman–Crippen LogP) is 3.07. The Morgan fingerprint density at radius 3 is 2.38 bits per heavy atom. The molecule has 13 heavy (non-hydrogen) atoms. The molecule has 0 aliphatic heterocycles. The molecule has 0 aliphatic carbocycles. The largest absolute Gasteiger partial charge is 0.298 e. The molecule has 0 aromatic carbocycles. The molecule has 0 aromatic heterocycles. The van der Waals surface area contributed by atoms with Gasteiger partial charge in [-0.3, -0.25) is 4.79 Å². The van der Waals surface area contributed by atoms with E-state index in [1.54, 1.807) is 18.2 Å². The first-order valence-electron chi connectivity index (χ1n) is 4.26. The quantitative estimate of drug-likeness (QED) is 0.357. The Balaban J connectivity index is 4.51. The van der Waals surface area contributed by atoms with E-state index in [1.807, 2.05) is 19.9 Å². The van der Waals surface area contributed by atoms with Crippen LogP contribution in [0.25, 0.3) is 0 Å². The Morgan fingerprint density at radius 1 is 1.38 bits per heavy atom. The predicted molar refractivity (Wildman–Crippen MR) is 57.5 cm³/mol. The minimum Gasteiger partial charge on any atom is -0.298 e. The van der Waals surface area contributed by atoms with Crippen LogP contribution in [0.2, 0.25) is 0 Å². The van der Waals surface area contributed by atoms with Crippen LogP contribution in [0.3, 0.4) is 0 Å². The van der Waals surface area contributed by atoms with Gasteiger partial charge in [0.15, 0.2) is 0 Å². The molecule has 0 fully saturated rings. The van der Waals surface area contributed by atoms with Gasteiger partial charge in [-0.05, 0) is 23.1 Å². The van der Waals surface area contributed by atoms with E-state index in [4.69, 9.17) is 0 Å². The molecule has 0 bridgehead atoms. The molecule has 70 valence electrons. The van der Waals surface area contributed by atoms with E-state index >= 15 is 0 Å². The smallest absolute Gasteiger partial charge is 0.146 e. The van der Waals surface area contributed by atoms with Gasteiger partial charge in [-0.2, -0.15) is 0 Å². The summed E-state index contributed by atoms with van der Waals surface area (Å²) < 4.78 is 0. The van der Waals surface area contributed by atoms with Gasteiger partial charge in [0.1, 0.15) is 6.29 Å². The highest BCUT2D eigenvalue weighted by molar-refractivity contribution is 5.75. The Labute approximate surface area is 80.2 Å². The molecule has 0 spiro atoms. The monoisotopic (exact) mass is 176 g/mol. The fraction of sp³-hybridized carbons (Fsp3) is 0.250. The van der Waals surface area contributed by atoms with Crippen molar-refractivity contribution in [2.24, 2.45) is 5.92 Å². The normalized spacial score (nSPS) is 12.1. The van der Waals surface area contributed by atoms with E-state index in [-0.39, 0.29) is 5.92 Å². The van der Waals surface area contributed by atoms with Crippen LogP contribution in [0, 0.1) is 5.92 Å². The van der Waals surface area contributed by atoms with E-state index in [0.717, 1.165) is 17.4 Å². The lowest BCUT2D eigenvalue weighted by Gasteiger charge is -2.02. The highest BCUT2D eigenvalue weighted by Crippen LogP contribution is 2.09. The van der Waals surface area contributed by atoms with Crippen molar-refractivity contribution < 1.29 is 4.79 Å². The van der Waals surface area contributed by atoms with Crippen LogP contribution in [-0.4, -0.2) is 6.29 Å². The Morgan fingerprint density at radius 2 is 2.00 bits per heavy atom. The van der Waals surface area contributed by atoms with Crippen molar-refractivity contribution in [2.45, 2.75) is 13.8 Å². The van der Waals surface area contributed by atoms with Crippen molar-refractivity contribution >= 4 is 6.29 Å². The molecule has 0 aromatic rings. The Kier molecular flexibility index (Phi) is 5.53. The molecule has 0 saturated heterocycles. The van der Waals surface area contributed by atoms with Crippen molar-refractivity contribution in [3.05, 3.63) is 48.6 Å². The molecule has 1 nitrogen and oxygen atoms in total. The second-order valence-electron chi connectivity index (χ2n) is 3.09. The molecule has 0 aliphatic rings. The van der Waals surface area contributed by atoms with Gasteiger partial charge in [0.2, 0.25) is 0 Å². The van der Waals surface area contributed by atoms with Gasteiger partial charge in [-0.1, -0.05) is 45.2 Å². The second-order valence-corrected chi connectivity index (χ2v) is 3.09. The molecule has 0 N–H and O–H groups in total. The minimum absolute atomic E-state index is 0.242. The van der Waals surface area contributed by atoms with Crippen LogP contribution in [0.4, 0.5) is 0 Å². The standard InChI is InChI=1S/C12H16O/c1-5-6-7-11(4)8-12(9-13)10(2)3/h5-10H,1,4H2,2-3H3/b7-6-,12-8+. The molecule has 0 amide bonds. The van der Waals surface area contributed by atoms with E-state index in [2.05, 4.69) is 13.2 Å². The Bertz CT molecular complexity index is 254. The maximum atomic E-state index is 10.6. The number of carbonyl (C=O) groups is 1. The van der Waals surface area contributed by atoms with E-state index in [1.165, 1.54) is 0 Å². The van der Waals surface area contributed by atoms with Gasteiger partial charge in [0, 0.05) is 0 Å². The summed E-state index contributed by atoms with van der Waals surface area (Å²) in [6.07, 6.45) is 7.95. The van der Waals surface area contributed by atoms with Gasteiger partial charge >= 0.3 is 0 Å². The van der Waals surface area contributed by atoms with Crippen molar-refractivity contribution in [2.75, 3.05) is 0 Å². The summed E-state index contributed by atoms with van der Waals surface area (Å²) >= 11 is 0. The van der Waals surface area contributed by atoms with Crippen molar-refractivity contribution in [1.82, 2.24) is 0 Å². The molecular formula is C12H16O. The third-order valence-electron chi connectivity index (χ3n) is 1.60. The molecule has 0 radical (unpaired) electrons. The van der Waals surface area contributed by atoms with Crippen LogP contribution >= 0.6 is 0 Å². The van der Waals surface area contributed by atoms with Gasteiger partial charge in [0.05, 0.1) is 0 Å². The van der Waals surface area contributed by atoms with E-state index in [9.17, 15) is 4.79 Å². The van der Waals surface area contributed by atoms with Crippen LogP contribution in [0.1, 0.15) is 13.8 Å². The lowest BCUT2D eigenvalue weighted by atomic mass is 10.0. The highest BCUT2D eigenvalue weighted by atomic mass is 16.1. The third-order valence-corrected chi connectivity index (χ3v) is 1.60. The first-order valence-corrected chi connectivity index (χ1v) is 4.26. The number of hydrogen-bond donors (Lipinski definition) is 0. The summed E-state index contributed by atoms with van der Waals surface area (Å²) in [5.74, 6) is 0.242. The summed E-state index contributed by atoms with van der Waals surface area (Å²) in [5, 5.41) is 0. The van der Waals surface area contributed by atoms with Crippen LogP contribution in [0.5, 0.6) is 0 Å². The van der Waals surface area contributed by atoms with E-state index < -0.39 is 0 Å². The zero-order valence-corrected chi connectivity index (χ0v) is 8.29. The summed E-state index contributed by atoms with van der Waals surface area (Å²) in [5.41, 5.74) is 1.58. The molecule has 0 saturated carbocycles. The Hall–Kier alpha value is -1.37. The zero-order chi connectivity index (χ0) is 10.3. The van der Waals surface area contributed by atoms with Gasteiger partial charge in [-0.25, -0.2) is 0 Å². The summed E-state index contributed by atoms with van der Waals surface area (Å²) in [4.78, 5) is 10.6. The third kappa shape index (κ3) is 4.96. The number of hydrogen-bond acceptors (Lipinski definition) is 1. The molecule has 1 heteroatoms. The maximum Gasteiger partial charge on any atom is 0.146 e. The van der Waals surface area contributed by atoms with Crippen molar-refractivity contribution in [3.8, 4) is 0 Å². The topological polar surface area (TPSA) is 17.1 Å². The fourth-order valence-corrected chi connectivity index (χ4v) is 0.791. The molecule has 0 atom stereocenters. The summed E-state index contributed by atoms with van der Waals surface area (Å²) in [6.45, 7) is 11.3. The number of aldehydes is 1. The van der Waals surface area contributed by atoms with Gasteiger partial charge in [-0.15, -0.1) is 0 Å². The molecule has 0 heterocycles. The van der Waals surface area contributed by atoms with Crippen LogP contribution in [0.15, 0.2) is 48.6 Å². The fourth-order valence-electron chi connectivity index (χ4n) is 0.791. The number of rotatable bonds is 5. The van der Waals surface area contributed by atoms with Crippen LogP contribution < -0.4 is 0 Å². The first kappa shape index (κ1) is 11.6. The molecule has 0 rings (SSSR count). The van der Waals surface area contributed by atoms with Gasteiger partial charge in [0.25, 0.3) is 0 Å². The summed E-state index contributed by atoms with van der Waals surface area (Å²) in [7, 11) is 0. The number of carbonyl (C=O) groups excluding carboxylic acids is 1. The molecule has 0 unspecified atom stereocenters. The second kappa shape index (κ2) is 6.18. The SMILES string of the molecule is C=C/C=C\C(=C)/C=C(\C=O)C(C)C. The lowest BCUT2D eigenvalue weighted by Crippen LogP contribution is -1.95. The summed E-state index contributed by atoms with van der Waals surface area (Å²) in [6, 6.07) is 0. The lowest BCUT2D eigenvalue weighted by molar-refractivity contribution is -0.105.